The standard InChI is InChI=1S/C25H22Cl3N3O4/c1-2-34-22-12-18(11-21(28)23(22)35-15-17-5-9-20(27)10-6-17)14-30-31-25(33)24(32)29-13-16-3-7-19(26)8-4-16/h3-12,14H,2,13,15H2,1H3,(H,29,32)(H,31,33)/b30-14-. The molecule has 3 rings (SSSR count). The number of nitrogens with one attached hydrogen (secondary N) is 2. The molecule has 10 heteroatoms. The SMILES string of the molecule is CCOc1cc(/C=N\NC(=O)C(=O)NCc2ccc(Cl)cc2)cc(Cl)c1OCc1ccc(Cl)cc1. The van der Waals surface area contributed by atoms with E-state index in [1.54, 1.807) is 48.5 Å². The molecule has 0 heterocycles. The summed E-state index contributed by atoms with van der Waals surface area (Å²) in [5.74, 6) is -0.931. The molecule has 0 aliphatic rings. The van der Waals surface area contributed by atoms with Gasteiger partial charge in [0.2, 0.25) is 0 Å². The Balaban J connectivity index is 1.59. The Morgan fingerprint density at radius 3 is 2.14 bits per heavy atom. The van der Waals surface area contributed by atoms with Gasteiger partial charge in [-0.15, -0.1) is 0 Å². The number of carbonyl (C=O) groups is 2. The van der Waals surface area contributed by atoms with Crippen LogP contribution in [0.4, 0.5) is 0 Å². The van der Waals surface area contributed by atoms with Gasteiger partial charge < -0.3 is 14.8 Å². The van der Waals surface area contributed by atoms with Crippen molar-refractivity contribution in [2.45, 2.75) is 20.1 Å². The number of amides is 2. The molecule has 0 spiro atoms. The molecule has 0 bridgehead atoms. The fraction of sp³-hybridized carbons (Fsp3) is 0.160. The van der Waals surface area contributed by atoms with Gasteiger partial charge in [-0.2, -0.15) is 5.10 Å². The Kier molecular flexibility index (Phi) is 9.78. The molecule has 0 saturated heterocycles. The summed E-state index contributed by atoms with van der Waals surface area (Å²) in [6.07, 6.45) is 1.35. The first kappa shape index (κ1) is 26.3. The summed E-state index contributed by atoms with van der Waals surface area (Å²) in [7, 11) is 0. The van der Waals surface area contributed by atoms with Crippen molar-refractivity contribution in [2.75, 3.05) is 6.61 Å². The average molecular weight is 535 g/mol. The van der Waals surface area contributed by atoms with Gasteiger partial charge in [-0.05, 0) is 60.0 Å². The lowest BCUT2D eigenvalue weighted by Gasteiger charge is -2.14. The van der Waals surface area contributed by atoms with E-state index < -0.39 is 11.8 Å². The number of halogens is 3. The summed E-state index contributed by atoms with van der Waals surface area (Å²) in [4.78, 5) is 24.0. The number of rotatable bonds is 9. The minimum Gasteiger partial charge on any atom is -0.490 e. The predicted octanol–water partition coefficient (Wildman–Crippen LogP) is 5.39. The third kappa shape index (κ3) is 8.17. The fourth-order valence-corrected chi connectivity index (χ4v) is 3.41. The molecule has 0 aliphatic carbocycles. The third-order valence-corrected chi connectivity index (χ3v) is 5.37. The van der Waals surface area contributed by atoms with Crippen molar-refractivity contribution in [1.29, 1.82) is 0 Å². The first-order chi connectivity index (χ1) is 16.9. The van der Waals surface area contributed by atoms with E-state index in [1.807, 2.05) is 19.1 Å². The second-order valence-electron chi connectivity index (χ2n) is 7.19. The molecule has 0 atom stereocenters. The van der Waals surface area contributed by atoms with Gasteiger partial charge in [0.25, 0.3) is 0 Å². The number of hydrogen-bond donors (Lipinski definition) is 2. The summed E-state index contributed by atoms with van der Waals surface area (Å²) < 4.78 is 11.5. The minimum absolute atomic E-state index is 0.179. The van der Waals surface area contributed by atoms with Gasteiger partial charge in [-0.25, -0.2) is 5.43 Å². The monoisotopic (exact) mass is 533 g/mol. The van der Waals surface area contributed by atoms with Crippen LogP contribution in [0.5, 0.6) is 11.5 Å². The van der Waals surface area contributed by atoms with E-state index in [0.29, 0.717) is 38.7 Å². The topological polar surface area (TPSA) is 89.0 Å². The molecule has 0 aliphatic heterocycles. The van der Waals surface area contributed by atoms with Crippen LogP contribution in [0.2, 0.25) is 15.1 Å². The number of ether oxygens (including phenoxy) is 2. The molecule has 182 valence electrons. The van der Waals surface area contributed by atoms with E-state index in [-0.39, 0.29) is 13.2 Å². The van der Waals surface area contributed by atoms with E-state index in [4.69, 9.17) is 44.3 Å². The zero-order valence-electron chi connectivity index (χ0n) is 18.7. The second kappa shape index (κ2) is 13.0. The number of benzene rings is 3. The molecular formula is C25H22Cl3N3O4. The zero-order chi connectivity index (χ0) is 25.2. The lowest BCUT2D eigenvalue weighted by molar-refractivity contribution is -0.139. The van der Waals surface area contributed by atoms with Crippen LogP contribution in [0.3, 0.4) is 0 Å². The Labute approximate surface area is 218 Å². The van der Waals surface area contributed by atoms with Crippen LogP contribution in [-0.2, 0) is 22.7 Å². The maximum absolute atomic E-state index is 12.0. The molecule has 35 heavy (non-hydrogen) atoms. The smallest absolute Gasteiger partial charge is 0.329 e. The molecule has 0 aromatic heterocycles. The Hall–Kier alpha value is -3.26. The summed E-state index contributed by atoms with van der Waals surface area (Å²) in [6, 6.07) is 17.4. The first-order valence-electron chi connectivity index (χ1n) is 10.5. The number of carbonyl (C=O) groups excluding carboxylic acids is 2. The molecule has 0 fully saturated rings. The van der Waals surface area contributed by atoms with Gasteiger partial charge >= 0.3 is 11.8 Å². The van der Waals surface area contributed by atoms with Crippen molar-refractivity contribution in [3.8, 4) is 11.5 Å². The largest absolute Gasteiger partial charge is 0.490 e. The van der Waals surface area contributed by atoms with Crippen molar-refractivity contribution < 1.29 is 19.1 Å². The molecule has 3 aromatic carbocycles. The van der Waals surface area contributed by atoms with Crippen molar-refractivity contribution in [3.63, 3.8) is 0 Å². The highest BCUT2D eigenvalue weighted by Crippen LogP contribution is 2.37. The third-order valence-electron chi connectivity index (χ3n) is 4.58. The maximum Gasteiger partial charge on any atom is 0.329 e. The summed E-state index contributed by atoms with van der Waals surface area (Å²) in [6.45, 7) is 2.67. The molecule has 2 N–H and O–H groups in total. The van der Waals surface area contributed by atoms with Crippen molar-refractivity contribution in [3.05, 3.63) is 92.4 Å². The van der Waals surface area contributed by atoms with Crippen LogP contribution in [0.1, 0.15) is 23.6 Å². The average Bonchev–Trinajstić information content (AvgIpc) is 2.84. The van der Waals surface area contributed by atoms with E-state index >= 15 is 0 Å². The van der Waals surface area contributed by atoms with Gasteiger partial charge in [0, 0.05) is 16.6 Å². The van der Waals surface area contributed by atoms with Crippen molar-refractivity contribution in [1.82, 2.24) is 10.7 Å². The number of hydrazone groups is 1. The maximum atomic E-state index is 12.0. The predicted molar refractivity (Wildman–Crippen MR) is 137 cm³/mol. The highest BCUT2D eigenvalue weighted by molar-refractivity contribution is 6.35. The van der Waals surface area contributed by atoms with Gasteiger partial charge in [-0.3, -0.25) is 9.59 Å². The normalized spacial score (nSPS) is 10.7. The molecule has 3 aromatic rings. The number of nitrogens with zero attached hydrogens (tertiary/aromatic N) is 1. The molecule has 0 radical (unpaired) electrons. The lowest BCUT2D eigenvalue weighted by atomic mass is 10.2. The summed E-state index contributed by atoms with van der Waals surface area (Å²) in [5.41, 5.74) is 4.44. The summed E-state index contributed by atoms with van der Waals surface area (Å²) >= 11 is 18.2. The van der Waals surface area contributed by atoms with Crippen LogP contribution in [-0.4, -0.2) is 24.6 Å². The van der Waals surface area contributed by atoms with E-state index in [2.05, 4.69) is 15.8 Å². The molecule has 2 amide bonds. The van der Waals surface area contributed by atoms with Crippen LogP contribution < -0.4 is 20.2 Å². The fourth-order valence-electron chi connectivity index (χ4n) is 2.88. The molecule has 7 nitrogen and oxygen atoms in total. The number of hydrogen-bond acceptors (Lipinski definition) is 5. The minimum atomic E-state index is -0.908. The molecule has 0 saturated carbocycles. The van der Waals surface area contributed by atoms with Crippen LogP contribution in [0.15, 0.2) is 65.8 Å². The van der Waals surface area contributed by atoms with E-state index in [1.165, 1.54) is 6.21 Å². The Bertz CT molecular complexity index is 1200. The van der Waals surface area contributed by atoms with Crippen molar-refractivity contribution in [2.24, 2.45) is 5.10 Å². The van der Waals surface area contributed by atoms with Crippen LogP contribution in [0.25, 0.3) is 0 Å². The highest BCUT2D eigenvalue weighted by atomic mass is 35.5. The Morgan fingerprint density at radius 2 is 1.51 bits per heavy atom. The molecular weight excluding hydrogens is 513 g/mol. The quantitative estimate of drug-likeness (QED) is 0.219. The van der Waals surface area contributed by atoms with Crippen LogP contribution >= 0.6 is 34.8 Å². The Morgan fingerprint density at radius 1 is 0.886 bits per heavy atom. The first-order valence-corrected chi connectivity index (χ1v) is 11.7. The second-order valence-corrected chi connectivity index (χ2v) is 8.47. The van der Waals surface area contributed by atoms with Gasteiger partial charge in [0.15, 0.2) is 11.5 Å². The lowest BCUT2D eigenvalue weighted by Crippen LogP contribution is -2.37. The zero-order valence-corrected chi connectivity index (χ0v) is 21.0. The van der Waals surface area contributed by atoms with Gasteiger partial charge in [-0.1, -0.05) is 59.1 Å². The van der Waals surface area contributed by atoms with Crippen LogP contribution in [0, 0.1) is 0 Å². The molecule has 0 unspecified atom stereocenters. The van der Waals surface area contributed by atoms with Gasteiger partial charge in [0.05, 0.1) is 17.8 Å². The summed E-state index contributed by atoms with van der Waals surface area (Å²) in [5, 5.41) is 7.86. The van der Waals surface area contributed by atoms with Gasteiger partial charge in [0.1, 0.15) is 6.61 Å². The van der Waals surface area contributed by atoms with E-state index in [0.717, 1.165) is 11.1 Å². The van der Waals surface area contributed by atoms with E-state index in [9.17, 15) is 9.59 Å². The van der Waals surface area contributed by atoms with Crippen molar-refractivity contribution >= 4 is 52.8 Å². The highest BCUT2D eigenvalue weighted by Gasteiger charge is 2.14.